The average Bonchev–Trinajstić information content (AvgIpc) is 2.33. The van der Waals surface area contributed by atoms with Crippen LogP contribution in [0.25, 0.3) is 0 Å². The van der Waals surface area contributed by atoms with E-state index in [0.717, 1.165) is 25.3 Å². The smallest absolute Gasteiger partial charge is 0.246 e. The maximum atomic E-state index is 11.1. The van der Waals surface area contributed by atoms with Gasteiger partial charge in [0, 0.05) is 19.1 Å². The van der Waals surface area contributed by atoms with E-state index in [1.165, 1.54) is 12.8 Å². The minimum atomic E-state index is -0.0664. The average molecular weight is 254 g/mol. The predicted octanol–water partition coefficient (Wildman–Crippen LogP) is 1.40. The Morgan fingerprint density at radius 2 is 2.11 bits per heavy atom. The van der Waals surface area contributed by atoms with Crippen molar-refractivity contribution in [3.8, 4) is 0 Å². The first-order valence-electron chi connectivity index (χ1n) is 7.12. The van der Waals surface area contributed by atoms with Gasteiger partial charge in [0.2, 0.25) is 5.91 Å². The molecule has 1 spiro atoms. The first kappa shape index (κ1) is 13.8. The summed E-state index contributed by atoms with van der Waals surface area (Å²) in [5.74, 6) is 0.746. The summed E-state index contributed by atoms with van der Waals surface area (Å²) in [6.45, 7) is 6.63. The molecule has 1 saturated heterocycles. The van der Waals surface area contributed by atoms with Crippen LogP contribution < -0.4 is 5.32 Å². The highest BCUT2D eigenvalue weighted by molar-refractivity contribution is 5.78. The third-order valence-corrected chi connectivity index (χ3v) is 4.26. The van der Waals surface area contributed by atoms with E-state index < -0.39 is 0 Å². The Labute approximate surface area is 110 Å². The number of hydrogen-bond acceptors (Lipinski definition) is 3. The topological polar surface area (TPSA) is 41.6 Å². The van der Waals surface area contributed by atoms with Gasteiger partial charge < -0.3 is 15.0 Å². The van der Waals surface area contributed by atoms with E-state index >= 15 is 0 Å². The van der Waals surface area contributed by atoms with Gasteiger partial charge in [-0.2, -0.15) is 0 Å². The van der Waals surface area contributed by atoms with Crippen molar-refractivity contribution in [3.63, 3.8) is 0 Å². The van der Waals surface area contributed by atoms with Crippen molar-refractivity contribution >= 4 is 5.91 Å². The first-order chi connectivity index (χ1) is 8.51. The Kier molecular flexibility index (Phi) is 4.28. The maximum absolute atomic E-state index is 11.1. The standard InChI is InChI=1S/C14H26N2O2/c1-11(2)8-16(3)12-4-6-14(7-5-12)10-15-13(17)9-18-14/h11-12H,4-10H2,1-3H3,(H,15,17)/t12-,14+. The van der Waals surface area contributed by atoms with Crippen LogP contribution in [0.2, 0.25) is 0 Å². The molecule has 1 amide bonds. The number of hydrogen-bond donors (Lipinski definition) is 1. The summed E-state index contributed by atoms with van der Waals surface area (Å²) in [5, 5.41) is 2.94. The molecule has 1 heterocycles. The van der Waals surface area contributed by atoms with E-state index in [1.54, 1.807) is 0 Å². The molecule has 0 bridgehead atoms. The van der Waals surface area contributed by atoms with Gasteiger partial charge in [0.25, 0.3) is 0 Å². The number of ether oxygens (including phenoxy) is 1. The van der Waals surface area contributed by atoms with E-state index in [2.05, 4.69) is 31.1 Å². The van der Waals surface area contributed by atoms with Crippen molar-refractivity contribution in [1.82, 2.24) is 10.2 Å². The summed E-state index contributed by atoms with van der Waals surface area (Å²) in [6, 6.07) is 0.680. The van der Waals surface area contributed by atoms with Crippen molar-refractivity contribution < 1.29 is 9.53 Å². The highest BCUT2D eigenvalue weighted by atomic mass is 16.5. The van der Waals surface area contributed by atoms with Crippen LogP contribution in [-0.2, 0) is 9.53 Å². The van der Waals surface area contributed by atoms with Gasteiger partial charge in [0.15, 0.2) is 0 Å². The molecule has 0 aromatic heterocycles. The van der Waals surface area contributed by atoms with E-state index in [9.17, 15) is 4.79 Å². The predicted molar refractivity (Wildman–Crippen MR) is 71.4 cm³/mol. The van der Waals surface area contributed by atoms with Crippen molar-refractivity contribution in [3.05, 3.63) is 0 Å². The minimum absolute atomic E-state index is 0.0275. The van der Waals surface area contributed by atoms with Gasteiger partial charge in [0.05, 0.1) is 5.60 Å². The molecule has 18 heavy (non-hydrogen) atoms. The molecule has 2 rings (SSSR count). The Hall–Kier alpha value is -0.610. The lowest BCUT2D eigenvalue weighted by Crippen LogP contribution is -2.55. The second-order valence-electron chi connectivity index (χ2n) is 6.31. The van der Waals surface area contributed by atoms with Crippen LogP contribution in [-0.4, -0.2) is 49.2 Å². The lowest BCUT2D eigenvalue weighted by molar-refractivity contribution is -0.149. The third-order valence-electron chi connectivity index (χ3n) is 4.26. The fraction of sp³-hybridized carbons (Fsp3) is 0.929. The van der Waals surface area contributed by atoms with Gasteiger partial charge in [-0.05, 0) is 38.6 Å². The summed E-state index contributed by atoms with van der Waals surface area (Å²) in [6.07, 6.45) is 4.50. The van der Waals surface area contributed by atoms with Crippen LogP contribution in [0.15, 0.2) is 0 Å². The number of morpholine rings is 1. The zero-order valence-electron chi connectivity index (χ0n) is 11.9. The Morgan fingerprint density at radius 3 is 2.61 bits per heavy atom. The van der Waals surface area contributed by atoms with Crippen LogP contribution in [0.1, 0.15) is 39.5 Å². The molecule has 0 unspecified atom stereocenters. The van der Waals surface area contributed by atoms with Gasteiger partial charge >= 0.3 is 0 Å². The van der Waals surface area contributed by atoms with Gasteiger partial charge in [-0.15, -0.1) is 0 Å². The minimum Gasteiger partial charge on any atom is -0.363 e. The summed E-state index contributed by atoms with van der Waals surface area (Å²) < 4.78 is 5.80. The van der Waals surface area contributed by atoms with Crippen molar-refractivity contribution in [2.45, 2.75) is 51.2 Å². The normalized spacial score (nSPS) is 33.2. The van der Waals surface area contributed by atoms with Crippen LogP contribution in [0, 0.1) is 5.92 Å². The molecule has 1 aliphatic heterocycles. The molecule has 0 aromatic carbocycles. The Bertz CT molecular complexity index is 284. The molecule has 2 aliphatic rings. The van der Waals surface area contributed by atoms with Crippen LogP contribution in [0.4, 0.5) is 0 Å². The van der Waals surface area contributed by atoms with E-state index in [4.69, 9.17) is 4.74 Å². The number of rotatable bonds is 3. The molecule has 0 aromatic rings. The quantitative estimate of drug-likeness (QED) is 0.828. The van der Waals surface area contributed by atoms with Crippen LogP contribution in [0.5, 0.6) is 0 Å². The second-order valence-corrected chi connectivity index (χ2v) is 6.31. The van der Waals surface area contributed by atoms with E-state index in [1.807, 2.05) is 0 Å². The fourth-order valence-corrected chi connectivity index (χ4v) is 3.20. The fourth-order valence-electron chi connectivity index (χ4n) is 3.20. The number of nitrogens with zero attached hydrogens (tertiary/aromatic N) is 1. The molecule has 2 fully saturated rings. The van der Waals surface area contributed by atoms with Crippen molar-refractivity contribution in [1.29, 1.82) is 0 Å². The Balaban J connectivity index is 1.82. The highest BCUT2D eigenvalue weighted by Crippen LogP contribution is 2.34. The SMILES string of the molecule is CC(C)CN(C)[C@H]1CC[C@@]2(CC1)CNC(=O)CO2. The molecule has 1 N–H and O–H groups in total. The van der Waals surface area contributed by atoms with Gasteiger partial charge in [-0.1, -0.05) is 13.8 Å². The maximum Gasteiger partial charge on any atom is 0.246 e. The summed E-state index contributed by atoms with van der Waals surface area (Å²) >= 11 is 0. The summed E-state index contributed by atoms with van der Waals surface area (Å²) in [4.78, 5) is 13.6. The number of nitrogens with one attached hydrogen (secondary N) is 1. The van der Waals surface area contributed by atoms with Gasteiger partial charge in [-0.25, -0.2) is 0 Å². The zero-order valence-corrected chi connectivity index (χ0v) is 11.9. The largest absolute Gasteiger partial charge is 0.363 e. The molecule has 4 nitrogen and oxygen atoms in total. The van der Waals surface area contributed by atoms with Gasteiger partial charge in [-0.3, -0.25) is 4.79 Å². The summed E-state index contributed by atoms with van der Waals surface area (Å²) in [5.41, 5.74) is -0.0664. The second kappa shape index (κ2) is 5.57. The molecule has 0 atom stereocenters. The van der Waals surface area contributed by atoms with Crippen molar-refractivity contribution in [2.75, 3.05) is 26.7 Å². The number of carbonyl (C=O) groups is 1. The molecular weight excluding hydrogens is 228 g/mol. The first-order valence-corrected chi connectivity index (χ1v) is 7.12. The molecule has 4 heteroatoms. The molecular formula is C14H26N2O2. The lowest BCUT2D eigenvalue weighted by atomic mass is 9.80. The molecule has 0 radical (unpaired) electrons. The zero-order chi connectivity index (χ0) is 13.2. The van der Waals surface area contributed by atoms with Crippen LogP contribution >= 0.6 is 0 Å². The van der Waals surface area contributed by atoms with E-state index in [0.29, 0.717) is 12.6 Å². The monoisotopic (exact) mass is 254 g/mol. The Morgan fingerprint density at radius 1 is 1.44 bits per heavy atom. The highest BCUT2D eigenvalue weighted by Gasteiger charge is 2.40. The third kappa shape index (κ3) is 3.23. The molecule has 104 valence electrons. The summed E-state index contributed by atoms with van der Waals surface area (Å²) in [7, 11) is 2.23. The molecule has 1 aliphatic carbocycles. The lowest BCUT2D eigenvalue weighted by Gasteiger charge is -2.44. The van der Waals surface area contributed by atoms with Crippen molar-refractivity contribution in [2.24, 2.45) is 5.92 Å². The number of carbonyl (C=O) groups excluding carboxylic acids is 1. The molecule has 1 saturated carbocycles. The van der Waals surface area contributed by atoms with Gasteiger partial charge in [0.1, 0.15) is 6.61 Å². The van der Waals surface area contributed by atoms with Crippen LogP contribution in [0.3, 0.4) is 0 Å². The number of amides is 1. The van der Waals surface area contributed by atoms with E-state index in [-0.39, 0.29) is 18.1 Å².